The van der Waals surface area contributed by atoms with Gasteiger partial charge in [-0.1, -0.05) is 30.3 Å². The summed E-state index contributed by atoms with van der Waals surface area (Å²) >= 11 is 0. The minimum atomic E-state index is -0.432. The second-order valence-corrected chi connectivity index (χ2v) is 8.90. The number of carbonyl (C=O) groups excluding carboxylic acids is 1. The van der Waals surface area contributed by atoms with E-state index < -0.39 is 6.04 Å². The average Bonchev–Trinajstić information content (AvgIpc) is 3.03. The number of benzene rings is 2. The van der Waals surface area contributed by atoms with Crippen molar-refractivity contribution in [2.75, 3.05) is 35.7 Å². The first kappa shape index (κ1) is 22.9. The summed E-state index contributed by atoms with van der Waals surface area (Å²) in [6.07, 6.45) is 3.59. The van der Waals surface area contributed by atoms with Crippen LogP contribution in [0.15, 0.2) is 54.7 Å². The van der Waals surface area contributed by atoms with Crippen LogP contribution in [0.2, 0.25) is 0 Å². The molecule has 1 atom stereocenters. The summed E-state index contributed by atoms with van der Waals surface area (Å²) < 4.78 is 5.64. The van der Waals surface area contributed by atoms with Crippen molar-refractivity contribution in [1.29, 1.82) is 0 Å². The molecule has 182 valence electrons. The van der Waals surface area contributed by atoms with E-state index in [4.69, 9.17) is 4.74 Å². The number of aromatic nitrogens is 2. The number of rotatable bonds is 6. The van der Waals surface area contributed by atoms with Gasteiger partial charge in [-0.3, -0.25) is 4.79 Å². The standard InChI is InChI=1S/C26H30N6O3/c1-35-23-14-19(32-11-9-20(33)10-12-32)7-8-21(23)30-26-28-16-18-15-27-25(34)22(29-24(18)31-26)13-17-5-3-2-4-6-17/h2-8,14,16,20,22,33H,9-13,15H2,1H3,(H,27,34)(H2,28,29,30,31). The first-order valence-electron chi connectivity index (χ1n) is 11.9. The molecular formula is C26H30N6O3. The molecule has 4 N–H and O–H groups in total. The second kappa shape index (κ2) is 10.2. The maximum atomic E-state index is 12.7. The van der Waals surface area contributed by atoms with E-state index in [1.54, 1.807) is 13.3 Å². The van der Waals surface area contributed by atoms with Crippen LogP contribution in [0.25, 0.3) is 0 Å². The van der Waals surface area contributed by atoms with Gasteiger partial charge in [0.15, 0.2) is 0 Å². The summed E-state index contributed by atoms with van der Waals surface area (Å²) in [6, 6.07) is 15.4. The monoisotopic (exact) mass is 474 g/mol. The zero-order valence-electron chi connectivity index (χ0n) is 19.7. The van der Waals surface area contributed by atoms with Crippen LogP contribution in [0.4, 0.5) is 23.1 Å². The minimum absolute atomic E-state index is 0.0659. The Morgan fingerprint density at radius 3 is 2.74 bits per heavy atom. The molecule has 1 amide bonds. The van der Waals surface area contributed by atoms with Crippen molar-refractivity contribution >= 4 is 29.0 Å². The maximum absolute atomic E-state index is 12.7. The van der Waals surface area contributed by atoms with E-state index in [0.717, 1.165) is 48.4 Å². The molecule has 1 aromatic heterocycles. The number of nitrogens with one attached hydrogen (secondary N) is 3. The summed E-state index contributed by atoms with van der Waals surface area (Å²) in [5, 5.41) is 19.3. The summed E-state index contributed by atoms with van der Waals surface area (Å²) in [5.74, 6) is 1.66. The fourth-order valence-electron chi connectivity index (χ4n) is 4.48. The quantitative estimate of drug-likeness (QED) is 0.432. The van der Waals surface area contributed by atoms with Gasteiger partial charge in [0.2, 0.25) is 11.9 Å². The highest BCUT2D eigenvalue weighted by atomic mass is 16.5. The predicted octanol–water partition coefficient (Wildman–Crippen LogP) is 2.84. The molecule has 0 saturated carbocycles. The summed E-state index contributed by atoms with van der Waals surface area (Å²) in [4.78, 5) is 24.0. The molecule has 1 fully saturated rings. The van der Waals surface area contributed by atoms with Crippen LogP contribution in [0.5, 0.6) is 5.75 Å². The Morgan fingerprint density at radius 1 is 1.17 bits per heavy atom. The molecule has 3 aromatic rings. The van der Waals surface area contributed by atoms with E-state index >= 15 is 0 Å². The molecule has 2 aliphatic rings. The molecule has 35 heavy (non-hydrogen) atoms. The third kappa shape index (κ3) is 5.30. The van der Waals surface area contributed by atoms with Crippen molar-refractivity contribution in [3.63, 3.8) is 0 Å². The Labute approximate surface area is 204 Å². The van der Waals surface area contributed by atoms with E-state index in [0.29, 0.717) is 30.5 Å². The Kier molecular flexibility index (Phi) is 6.67. The Morgan fingerprint density at radius 2 is 1.97 bits per heavy atom. The molecule has 0 aliphatic carbocycles. The van der Waals surface area contributed by atoms with Crippen molar-refractivity contribution < 1.29 is 14.6 Å². The van der Waals surface area contributed by atoms with E-state index in [9.17, 15) is 9.90 Å². The number of carbonyl (C=O) groups is 1. The van der Waals surface area contributed by atoms with Gasteiger partial charge in [-0.15, -0.1) is 0 Å². The number of methoxy groups -OCH3 is 1. The lowest BCUT2D eigenvalue weighted by Crippen LogP contribution is -2.38. The van der Waals surface area contributed by atoms with Crippen LogP contribution in [0.1, 0.15) is 24.0 Å². The van der Waals surface area contributed by atoms with Crippen molar-refractivity contribution in [2.24, 2.45) is 0 Å². The summed E-state index contributed by atoms with van der Waals surface area (Å²) in [6.45, 7) is 2.00. The lowest BCUT2D eigenvalue weighted by atomic mass is 10.1. The molecule has 5 rings (SSSR count). The Hall–Kier alpha value is -3.85. The van der Waals surface area contributed by atoms with Crippen LogP contribution >= 0.6 is 0 Å². The van der Waals surface area contributed by atoms with Crippen LogP contribution in [0.3, 0.4) is 0 Å². The minimum Gasteiger partial charge on any atom is -0.494 e. The molecule has 2 aliphatic heterocycles. The van der Waals surface area contributed by atoms with E-state index in [1.165, 1.54) is 0 Å². The van der Waals surface area contributed by atoms with Gasteiger partial charge in [0.1, 0.15) is 17.6 Å². The van der Waals surface area contributed by atoms with Crippen LogP contribution in [-0.4, -0.2) is 53.3 Å². The molecule has 0 spiro atoms. The molecule has 0 bridgehead atoms. The number of hydrogen-bond donors (Lipinski definition) is 4. The van der Waals surface area contributed by atoms with Crippen molar-refractivity contribution in [3.8, 4) is 5.75 Å². The molecule has 1 saturated heterocycles. The third-order valence-electron chi connectivity index (χ3n) is 6.49. The van der Waals surface area contributed by atoms with Crippen LogP contribution < -0.4 is 25.6 Å². The fourth-order valence-corrected chi connectivity index (χ4v) is 4.48. The number of ether oxygens (including phenoxy) is 1. The molecule has 2 aromatic carbocycles. The molecule has 0 radical (unpaired) electrons. The number of aliphatic hydroxyl groups excluding tert-OH is 1. The van der Waals surface area contributed by atoms with Gasteiger partial charge in [0.05, 0.1) is 18.9 Å². The highest BCUT2D eigenvalue weighted by Crippen LogP contribution is 2.33. The zero-order chi connectivity index (χ0) is 24.2. The van der Waals surface area contributed by atoms with Gasteiger partial charge in [0.25, 0.3) is 0 Å². The first-order valence-corrected chi connectivity index (χ1v) is 11.9. The van der Waals surface area contributed by atoms with Gasteiger partial charge in [-0.05, 0) is 30.5 Å². The summed E-state index contributed by atoms with van der Waals surface area (Å²) in [7, 11) is 1.63. The highest BCUT2D eigenvalue weighted by molar-refractivity contribution is 5.86. The molecule has 3 heterocycles. The van der Waals surface area contributed by atoms with E-state index in [2.05, 4.69) is 30.8 Å². The molecule has 1 unspecified atom stereocenters. The van der Waals surface area contributed by atoms with Gasteiger partial charge < -0.3 is 30.7 Å². The second-order valence-electron chi connectivity index (χ2n) is 8.90. The van der Waals surface area contributed by atoms with Gasteiger partial charge >= 0.3 is 0 Å². The van der Waals surface area contributed by atoms with Gasteiger partial charge in [0, 0.05) is 49.6 Å². The van der Waals surface area contributed by atoms with Gasteiger partial charge in [-0.2, -0.15) is 4.98 Å². The average molecular weight is 475 g/mol. The number of aliphatic hydroxyl groups is 1. The van der Waals surface area contributed by atoms with Crippen molar-refractivity contribution in [2.45, 2.75) is 38.0 Å². The van der Waals surface area contributed by atoms with E-state index in [-0.39, 0.29) is 12.0 Å². The number of anilines is 4. The maximum Gasteiger partial charge on any atom is 0.243 e. The van der Waals surface area contributed by atoms with E-state index in [1.807, 2.05) is 48.5 Å². The third-order valence-corrected chi connectivity index (χ3v) is 6.49. The predicted molar refractivity (Wildman–Crippen MR) is 135 cm³/mol. The first-order chi connectivity index (χ1) is 17.1. The topological polar surface area (TPSA) is 112 Å². The number of fused-ring (bicyclic) bond motifs is 1. The smallest absolute Gasteiger partial charge is 0.243 e. The van der Waals surface area contributed by atoms with Crippen molar-refractivity contribution in [3.05, 3.63) is 65.9 Å². The van der Waals surface area contributed by atoms with Crippen LogP contribution in [-0.2, 0) is 17.8 Å². The Bertz CT molecular complexity index is 1180. The molecule has 9 nitrogen and oxygen atoms in total. The number of nitrogens with zero attached hydrogens (tertiary/aromatic N) is 3. The number of hydrogen-bond acceptors (Lipinski definition) is 8. The molecular weight excluding hydrogens is 444 g/mol. The number of amides is 1. The highest BCUT2D eigenvalue weighted by Gasteiger charge is 2.25. The molecule has 9 heteroatoms. The lowest BCUT2D eigenvalue weighted by molar-refractivity contribution is -0.121. The SMILES string of the molecule is COc1cc(N2CCC(O)CC2)ccc1Nc1ncc2c(n1)NC(Cc1ccccc1)C(=O)NC2. The van der Waals surface area contributed by atoms with Crippen molar-refractivity contribution in [1.82, 2.24) is 15.3 Å². The lowest BCUT2D eigenvalue weighted by Gasteiger charge is -2.31. The Balaban J connectivity index is 1.34. The zero-order valence-corrected chi connectivity index (χ0v) is 19.7. The summed E-state index contributed by atoms with van der Waals surface area (Å²) in [5.41, 5.74) is 3.70. The van der Waals surface area contributed by atoms with Crippen LogP contribution in [0, 0.1) is 0 Å². The van der Waals surface area contributed by atoms with Gasteiger partial charge in [-0.25, -0.2) is 4.98 Å². The fraction of sp³-hybridized carbons (Fsp3) is 0.346. The largest absolute Gasteiger partial charge is 0.494 e. The normalized spacial score (nSPS) is 18.2. The number of piperidine rings is 1.